The molecule has 8 heteroatoms. The summed E-state index contributed by atoms with van der Waals surface area (Å²) in [7, 11) is 0. The number of thiazole rings is 1. The molecule has 6 nitrogen and oxygen atoms in total. The molecule has 3 aromatic rings. The molecule has 1 aromatic carbocycles. The molecule has 2 aromatic heterocycles. The average molecular weight is 415 g/mol. The molecule has 1 N–H and O–H groups in total. The first-order valence-electron chi connectivity index (χ1n) is 9.79. The van der Waals surface area contributed by atoms with Crippen LogP contribution in [0.5, 0.6) is 0 Å². The van der Waals surface area contributed by atoms with E-state index in [0.29, 0.717) is 30.0 Å². The summed E-state index contributed by atoms with van der Waals surface area (Å²) < 4.78 is 15.2. The fourth-order valence-electron chi connectivity index (χ4n) is 3.72. The highest BCUT2D eigenvalue weighted by Crippen LogP contribution is 2.19. The van der Waals surface area contributed by atoms with Gasteiger partial charge in [0.15, 0.2) is 4.96 Å². The van der Waals surface area contributed by atoms with Crippen molar-refractivity contribution in [3.63, 3.8) is 0 Å². The molecule has 0 atom stereocenters. The van der Waals surface area contributed by atoms with Crippen molar-refractivity contribution >= 4 is 22.2 Å². The van der Waals surface area contributed by atoms with E-state index in [1.807, 2.05) is 5.38 Å². The normalized spacial score (nSPS) is 15.6. The van der Waals surface area contributed by atoms with Gasteiger partial charge in [-0.15, -0.1) is 11.3 Å². The van der Waals surface area contributed by atoms with Gasteiger partial charge in [0.2, 0.25) is 5.91 Å². The predicted octanol–water partition coefficient (Wildman–Crippen LogP) is 2.47. The van der Waals surface area contributed by atoms with E-state index < -0.39 is 0 Å². The lowest BCUT2D eigenvalue weighted by atomic mass is 9.95. The number of aromatic nitrogens is 2. The van der Waals surface area contributed by atoms with Crippen LogP contribution in [0.1, 0.15) is 24.1 Å². The number of piperidine rings is 1. The van der Waals surface area contributed by atoms with E-state index in [2.05, 4.69) is 15.2 Å². The number of likely N-dealkylation sites (tertiary alicyclic amines) is 1. The Balaban J connectivity index is 1.24. The van der Waals surface area contributed by atoms with Gasteiger partial charge in [0, 0.05) is 36.7 Å². The quantitative estimate of drug-likeness (QED) is 0.673. The Labute approximate surface area is 172 Å². The fraction of sp³-hybridized carbons (Fsp3) is 0.381. The number of nitrogens with zero attached hydrogens (tertiary/aromatic N) is 3. The van der Waals surface area contributed by atoms with Gasteiger partial charge < -0.3 is 5.32 Å². The number of nitrogens with one attached hydrogen (secondary N) is 1. The van der Waals surface area contributed by atoms with Crippen molar-refractivity contribution in [3.05, 3.63) is 69.3 Å². The number of benzene rings is 1. The first kappa shape index (κ1) is 19.7. The van der Waals surface area contributed by atoms with Crippen molar-refractivity contribution in [1.82, 2.24) is 19.6 Å². The van der Waals surface area contributed by atoms with Crippen molar-refractivity contribution in [3.8, 4) is 0 Å². The standard InChI is InChI=1S/C21H23FN4O2S/c22-18-4-2-1-3-15(18)5-8-23-20(28)16-6-9-25(10-7-16)14-17-13-19(27)26-11-12-29-21(26)24-17/h1-4,11-13,16H,5-10,14H2,(H,23,28). The van der Waals surface area contributed by atoms with Crippen LogP contribution in [-0.4, -0.2) is 39.8 Å². The van der Waals surface area contributed by atoms with E-state index in [1.165, 1.54) is 17.4 Å². The molecular formula is C21H23FN4O2S. The smallest absolute Gasteiger partial charge is 0.258 e. The summed E-state index contributed by atoms with van der Waals surface area (Å²) in [5.74, 6) is -0.216. The van der Waals surface area contributed by atoms with Gasteiger partial charge in [0.05, 0.1) is 5.69 Å². The van der Waals surface area contributed by atoms with Crippen LogP contribution in [0.2, 0.25) is 0 Å². The summed E-state index contributed by atoms with van der Waals surface area (Å²) in [5.41, 5.74) is 1.33. The molecule has 0 aliphatic carbocycles. The number of halogens is 1. The molecule has 0 radical (unpaired) electrons. The number of rotatable bonds is 6. The van der Waals surface area contributed by atoms with E-state index in [0.717, 1.165) is 31.6 Å². The van der Waals surface area contributed by atoms with E-state index in [-0.39, 0.29) is 23.2 Å². The summed E-state index contributed by atoms with van der Waals surface area (Å²) in [5, 5.41) is 4.79. The third-order valence-electron chi connectivity index (χ3n) is 5.35. The van der Waals surface area contributed by atoms with E-state index in [9.17, 15) is 14.0 Å². The van der Waals surface area contributed by atoms with Crippen molar-refractivity contribution in [2.75, 3.05) is 19.6 Å². The van der Waals surface area contributed by atoms with Crippen molar-refractivity contribution in [2.24, 2.45) is 5.92 Å². The molecular weight excluding hydrogens is 391 g/mol. The van der Waals surface area contributed by atoms with Crippen LogP contribution >= 0.6 is 11.3 Å². The monoisotopic (exact) mass is 414 g/mol. The molecule has 1 aliphatic heterocycles. The summed E-state index contributed by atoms with van der Waals surface area (Å²) in [4.78, 5) is 32.0. The SMILES string of the molecule is O=C(NCCc1ccccc1F)C1CCN(Cc2cc(=O)n3ccsc3n2)CC1. The average Bonchev–Trinajstić information content (AvgIpc) is 3.19. The minimum atomic E-state index is -0.232. The Morgan fingerprint density at radius 1 is 1.28 bits per heavy atom. The highest BCUT2D eigenvalue weighted by Gasteiger charge is 2.25. The Kier molecular flexibility index (Phi) is 6.01. The largest absolute Gasteiger partial charge is 0.356 e. The van der Waals surface area contributed by atoms with E-state index in [1.54, 1.807) is 34.9 Å². The number of amides is 1. The number of carbonyl (C=O) groups is 1. The van der Waals surface area contributed by atoms with E-state index >= 15 is 0 Å². The summed E-state index contributed by atoms with van der Waals surface area (Å²) in [6.45, 7) is 2.63. The number of hydrogen-bond donors (Lipinski definition) is 1. The molecule has 152 valence electrons. The van der Waals surface area contributed by atoms with Gasteiger partial charge >= 0.3 is 0 Å². The van der Waals surface area contributed by atoms with Gasteiger partial charge in [-0.1, -0.05) is 18.2 Å². The summed E-state index contributed by atoms with van der Waals surface area (Å²) in [6, 6.07) is 8.23. The first-order chi connectivity index (χ1) is 14.1. The van der Waals surface area contributed by atoms with Gasteiger partial charge in [-0.3, -0.25) is 18.9 Å². The Bertz CT molecular complexity index is 1060. The second-order valence-corrected chi connectivity index (χ2v) is 8.20. The molecule has 4 rings (SSSR count). The third kappa shape index (κ3) is 4.71. The number of carbonyl (C=O) groups excluding carboxylic acids is 1. The molecule has 0 saturated carbocycles. The third-order valence-corrected chi connectivity index (χ3v) is 6.11. The number of hydrogen-bond acceptors (Lipinski definition) is 5. The molecule has 1 amide bonds. The molecule has 1 fully saturated rings. The van der Waals surface area contributed by atoms with Crippen LogP contribution in [0.25, 0.3) is 4.96 Å². The van der Waals surface area contributed by atoms with Gasteiger partial charge in [0.25, 0.3) is 5.56 Å². The van der Waals surface area contributed by atoms with Crippen molar-refractivity contribution < 1.29 is 9.18 Å². The zero-order valence-electron chi connectivity index (χ0n) is 16.0. The zero-order valence-corrected chi connectivity index (χ0v) is 16.8. The minimum absolute atomic E-state index is 0.0229. The molecule has 0 bridgehead atoms. The van der Waals surface area contributed by atoms with Crippen LogP contribution in [0, 0.1) is 11.7 Å². The van der Waals surface area contributed by atoms with Crippen LogP contribution in [0.4, 0.5) is 4.39 Å². The molecule has 0 unspecified atom stereocenters. The van der Waals surface area contributed by atoms with Crippen LogP contribution in [-0.2, 0) is 17.8 Å². The summed E-state index contributed by atoms with van der Waals surface area (Å²) >= 11 is 1.45. The van der Waals surface area contributed by atoms with Crippen molar-refractivity contribution in [1.29, 1.82) is 0 Å². The Hall–Kier alpha value is -2.58. The molecule has 1 aliphatic rings. The van der Waals surface area contributed by atoms with Gasteiger partial charge in [0.1, 0.15) is 5.82 Å². The maximum absolute atomic E-state index is 13.6. The molecule has 3 heterocycles. The Morgan fingerprint density at radius 2 is 2.07 bits per heavy atom. The highest BCUT2D eigenvalue weighted by molar-refractivity contribution is 7.15. The lowest BCUT2D eigenvalue weighted by Gasteiger charge is -2.31. The maximum atomic E-state index is 13.6. The van der Waals surface area contributed by atoms with Gasteiger partial charge in [-0.05, 0) is 44.0 Å². The Morgan fingerprint density at radius 3 is 2.86 bits per heavy atom. The maximum Gasteiger partial charge on any atom is 0.258 e. The van der Waals surface area contributed by atoms with Gasteiger partial charge in [-0.2, -0.15) is 0 Å². The summed E-state index contributed by atoms with van der Waals surface area (Å²) in [6.07, 6.45) is 3.76. The second-order valence-electron chi connectivity index (χ2n) is 7.32. The lowest BCUT2D eigenvalue weighted by molar-refractivity contribution is -0.126. The highest BCUT2D eigenvalue weighted by atomic mass is 32.1. The molecule has 1 saturated heterocycles. The predicted molar refractivity (Wildman–Crippen MR) is 110 cm³/mol. The zero-order chi connectivity index (χ0) is 20.2. The molecule has 0 spiro atoms. The van der Waals surface area contributed by atoms with Crippen LogP contribution in [0.3, 0.4) is 0 Å². The van der Waals surface area contributed by atoms with Gasteiger partial charge in [-0.25, -0.2) is 9.37 Å². The number of fused-ring (bicyclic) bond motifs is 1. The topological polar surface area (TPSA) is 66.7 Å². The lowest BCUT2D eigenvalue weighted by Crippen LogP contribution is -2.41. The first-order valence-corrected chi connectivity index (χ1v) is 10.7. The fourth-order valence-corrected chi connectivity index (χ4v) is 4.46. The van der Waals surface area contributed by atoms with Crippen molar-refractivity contribution in [2.45, 2.75) is 25.8 Å². The minimum Gasteiger partial charge on any atom is -0.356 e. The van der Waals surface area contributed by atoms with E-state index in [4.69, 9.17) is 0 Å². The molecule has 29 heavy (non-hydrogen) atoms. The van der Waals surface area contributed by atoms with Crippen LogP contribution in [0.15, 0.2) is 46.7 Å². The van der Waals surface area contributed by atoms with Crippen LogP contribution < -0.4 is 10.9 Å². The second kappa shape index (κ2) is 8.84.